The van der Waals surface area contributed by atoms with Crippen LogP contribution < -0.4 is 10.1 Å². The predicted molar refractivity (Wildman–Crippen MR) is 163 cm³/mol. The van der Waals surface area contributed by atoms with Crippen LogP contribution in [0.25, 0.3) is 16.5 Å². The van der Waals surface area contributed by atoms with Crippen molar-refractivity contribution in [2.45, 2.75) is 26.4 Å². The summed E-state index contributed by atoms with van der Waals surface area (Å²) in [5.74, 6) is -0.519. The van der Waals surface area contributed by atoms with Crippen molar-refractivity contribution >= 4 is 60.1 Å². The van der Waals surface area contributed by atoms with E-state index in [9.17, 15) is 9.59 Å². The monoisotopic (exact) mass is 657 g/mol. The van der Waals surface area contributed by atoms with E-state index >= 15 is 0 Å². The van der Waals surface area contributed by atoms with Crippen molar-refractivity contribution in [3.8, 4) is 5.75 Å². The van der Waals surface area contributed by atoms with E-state index in [4.69, 9.17) is 9.47 Å². The fraction of sp³-hybridized carbons (Fsp3) is 0.152. The number of benzene rings is 4. The summed E-state index contributed by atoms with van der Waals surface area (Å²) >= 11 is 7.39. The third-order valence-corrected chi connectivity index (χ3v) is 8.47. The highest BCUT2D eigenvalue weighted by atomic mass is 79.9. The maximum atomic E-state index is 13.7. The lowest BCUT2D eigenvalue weighted by Crippen LogP contribution is -2.29. The smallest absolute Gasteiger partial charge is 0.336 e. The van der Waals surface area contributed by atoms with Gasteiger partial charge in [-0.2, -0.15) is 0 Å². The fourth-order valence-corrected chi connectivity index (χ4v) is 6.96. The lowest BCUT2D eigenvalue weighted by atomic mass is 9.80. The van der Waals surface area contributed by atoms with E-state index < -0.39 is 11.9 Å². The van der Waals surface area contributed by atoms with Crippen LogP contribution in [0, 0.1) is 0 Å². The number of allylic oxidation sites excluding steroid dienone is 2. The molecule has 0 bridgehead atoms. The second-order valence-electron chi connectivity index (χ2n) is 9.76. The highest BCUT2D eigenvalue weighted by molar-refractivity contribution is 9.11. The molecule has 0 spiro atoms. The normalized spacial score (nSPS) is 16.1. The molecule has 0 radical (unpaired) electrons. The lowest BCUT2D eigenvalue weighted by Gasteiger charge is -2.29. The summed E-state index contributed by atoms with van der Waals surface area (Å²) in [7, 11) is 0. The number of hydrogen-bond acceptors (Lipinski definition) is 5. The molecule has 0 saturated carbocycles. The number of esters is 1. The van der Waals surface area contributed by atoms with Gasteiger partial charge in [0, 0.05) is 28.3 Å². The van der Waals surface area contributed by atoms with Crippen LogP contribution in [0.4, 0.5) is 0 Å². The molecule has 2 aliphatic rings. The van der Waals surface area contributed by atoms with Crippen molar-refractivity contribution in [3.05, 3.63) is 127 Å². The predicted octanol–water partition coefficient (Wildman–Crippen LogP) is 8.08. The molecule has 40 heavy (non-hydrogen) atoms. The number of ketones is 1. The summed E-state index contributed by atoms with van der Waals surface area (Å²) in [6, 6.07) is 25.8. The highest BCUT2D eigenvalue weighted by Gasteiger charge is 2.43. The van der Waals surface area contributed by atoms with Crippen LogP contribution in [0.2, 0.25) is 0 Å². The van der Waals surface area contributed by atoms with E-state index in [0.29, 0.717) is 43.7 Å². The van der Waals surface area contributed by atoms with Gasteiger partial charge in [-0.05, 0) is 85.8 Å². The number of hydrogen-bond donors (Lipinski definition) is 1. The van der Waals surface area contributed by atoms with Gasteiger partial charge in [-0.25, -0.2) is 4.79 Å². The number of dihydropyridines is 1. The molecule has 0 amide bonds. The first-order valence-corrected chi connectivity index (χ1v) is 14.6. The number of fused-ring (bicyclic) bond motifs is 3. The molecule has 1 aliphatic heterocycles. The van der Waals surface area contributed by atoms with E-state index in [0.717, 1.165) is 27.8 Å². The Hall–Kier alpha value is -3.68. The van der Waals surface area contributed by atoms with Gasteiger partial charge in [0.05, 0.1) is 26.8 Å². The Morgan fingerprint density at radius 1 is 0.900 bits per heavy atom. The van der Waals surface area contributed by atoms with Crippen molar-refractivity contribution in [1.82, 2.24) is 5.32 Å². The first kappa shape index (κ1) is 26.5. The van der Waals surface area contributed by atoms with Crippen LogP contribution in [0.15, 0.2) is 105 Å². The number of ether oxygens (including phenoxy) is 2. The van der Waals surface area contributed by atoms with Crippen LogP contribution in [-0.2, 0) is 16.1 Å². The largest absolute Gasteiger partial charge is 0.487 e. The SMILES string of the molecule is CCOC(=O)C1=C(C)NC2=C(C(=O)c3ccccc32)[C@@H]1c1cc(Br)c(OCc2ccc3ccccc3c2)c(Br)c1. The van der Waals surface area contributed by atoms with E-state index in [-0.39, 0.29) is 12.4 Å². The third kappa shape index (κ3) is 4.57. The van der Waals surface area contributed by atoms with Gasteiger partial charge in [-0.1, -0.05) is 60.7 Å². The molecule has 0 fully saturated rings. The molecule has 200 valence electrons. The summed E-state index contributed by atoms with van der Waals surface area (Å²) in [4.78, 5) is 27.0. The molecule has 0 saturated heterocycles. The molecule has 1 N–H and O–H groups in total. The number of carbonyl (C=O) groups is 2. The number of halogens is 2. The molecule has 1 heterocycles. The molecule has 0 aromatic heterocycles. The number of Topliss-reactive ketones (excluding diaryl/α,β-unsaturated/α-hetero) is 1. The Morgan fingerprint density at radius 3 is 2.30 bits per heavy atom. The molecule has 4 aromatic rings. The van der Waals surface area contributed by atoms with Crippen molar-refractivity contribution in [1.29, 1.82) is 0 Å². The summed E-state index contributed by atoms with van der Waals surface area (Å²) in [6.45, 7) is 4.23. The zero-order valence-electron chi connectivity index (χ0n) is 21.9. The van der Waals surface area contributed by atoms with E-state index in [1.54, 1.807) is 6.92 Å². The number of nitrogens with one attached hydrogen (secondary N) is 1. The maximum absolute atomic E-state index is 13.7. The van der Waals surface area contributed by atoms with Crippen molar-refractivity contribution < 1.29 is 19.1 Å². The lowest BCUT2D eigenvalue weighted by molar-refractivity contribution is -0.138. The van der Waals surface area contributed by atoms with Crippen LogP contribution >= 0.6 is 31.9 Å². The van der Waals surface area contributed by atoms with E-state index in [1.807, 2.05) is 55.5 Å². The molecule has 7 heteroatoms. The Balaban J connectivity index is 1.38. The average Bonchev–Trinajstić information content (AvgIpc) is 3.23. The second kappa shape index (κ2) is 10.7. The van der Waals surface area contributed by atoms with E-state index in [1.165, 1.54) is 5.39 Å². The standard InChI is InChI=1S/C33H25Br2NO4/c1-3-39-33(38)27-18(2)36-30-23-10-6-7-11-24(23)31(37)29(30)28(27)22-15-25(34)32(26(35)16-22)40-17-19-12-13-20-8-4-5-9-21(20)14-19/h4-16,28,36H,3,17H2,1-2H3/t28-/m1/s1. The molecule has 6 rings (SSSR count). The van der Waals surface area contributed by atoms with Crippen molar-refractivity contribution in [2.24, 2.45) is 0 Å². The minimum Gasteiger partial charge on any atom is -0.487 e. The molecular formula is C33H25Br2NO4. The zero-order chi connectivity index (χ0) is 28.0. The van der Waals surface area contributed by atoms with Gasteiger partial charge in [-0.15, -0.1) is 0 Å². The van der Waals surface area contributed by atoms with Crippen molar-refractivity contribution in [2.75, 3.05) is 6.61 Å². The molecular weight excluding hydrogens is 634 g/mol. The van der Waals surface area contributed by atoms with Crippen LogP contribution in [-0.4, -0.2) is 18.4 Å². The van der Waals surface area contributed by atoms with Gasteiger partial charge in [0.2, 0.25) is 0 Å². The quantitative estimate of drug-likeness (QED) is 0.212. The average molecular weight is 659 g/mol. The molecule has 4 aromatic carbocycles. The molecule has 0 unspecified atom stereocenters. The van der Waals surface area contributed by atoms with Crippen LogP contribution in [0.1, 0.15) is 46.8 Å². The summed E-state index contributed by atoms with van der Waals surface area (Å²) in [5.41, 5.74) is 5.64. The summed E-state index contributed by atoms with van der Waals surface area (Å²) in [5, 5.41) is 5.67. The Bertz CT molecular complexity index is 1750. The van der Waals surface area contributed by atoms with Gasteiger partial charge in [0.15, 0.2) is 5.78 Å². The first-order valence-electron chi connectivity index (χ1n) is 13.0. The maximum Gasteiger partial charge on any atom is 0.336 e. The van der Waals surface area contributed by atoms with Crippen molar-refractivity contribution in [3.63, 3.8) is 0 Å². The number of carbonyl (C=O) groups excluding carboxylic acids is 2. The van der Waals surface area contributed by atoms with Gasteiger partial charge in [-0.3, -0.25) is 4.79 Å². The minimum atomic E-state index is -0.614. The van der Waals surface area contributed by atoms with Crippen LogP contribution in [0.3, 0.4) is 0 Å². The van der Waals surface area contributed by atoms with Gasteiger partial charge >= 0.3 is 5.97 Å². The summed E-state index contributed by atoms with van der Waals surface area (Å²) in [6.07, 6.45) is 0. The molecule has 1 aliphatic carbocycles. The Labute approximate surface area is 249 Å². The van der Waals surface area contributed by atoms with E-state index in [2.05, 4.69) is 67.5 Å². The number of rotatable bonds is 6. The molecule has 1 atom stereocenters. The first-order chi connectivity index (χ1) is 19.4. The van der Waals surface area contributed by atoms with Crippen LogP contribution in [0.5, 0.6) is 5.75 Å². The Kier molecular flexibility index (Phi) is 7.11. The van der Waals surface area contributed by atoms with Gasteiger partial charge in [0.25, 0.3) is 0 Å². The fourth-order valence-electron chi connectivity index (χ4n) is 5.51. The molecule has 5 nitrogen and oxygen atoms in total. The zero-order valence-corrected chi connectivity index (χ0v) is 25.1. The van der Waals surface area contributed by atoms with Gasteiger partial charge in [0.1, 0.15) is 12.4 Å². The Morgan fingerprint density at radius 2 is 1.57 bits per heavy atom. The second-order valence-corrected chi connectivity index (χ2v) is 11.5. The minimum absolute atomic E-state index is 0.0960. The van der Waals surface area contributed by atoms with Gasteiger partial charge < -0.3 is 14.8 Å². The summed E-state index contributed by atoms with van der Waals surface area (Å²) < 4.78 is 13.1. The third-order valence-electron chi connectivity index (χ3n) is 7.30. The highest BCUT2D eigenvalue weighted by Crippen LogP contribution is 2.49. The topological polar surface area (TPSA) is 64.6 Å².